The van der Waals surface area contributed by atoms with E-state index in [1.165, 1.54) is 5.56 Å². The monoisotopic (exact) mass is 411 g/mol. The van der Waals surface area contributed by atoms with Gasteiger partial charge in [0, 0.05) is 17.3 Å². The molecule has 0 atom stereocenters. The Morgan fingerprint density at radius 3 is 2.17 bits per heavy atom. The zero-order valence-electron chi connectivity index (χ0n) is 17.7. The number of rotatable bonds is 6. The zero-order valence-corrected chi connectivity index (χ0v) is 18.5. The van der Waals surface area contributed by atoms with Gasteiger partial charge in [0.15, 0.2) is 0 Å². The highest BCUT2D eigenvalue weighted by Gasteiger charge is 2.30. The van der Waals surface area contributed by atoms with Gasteiger partial charge >= 0.3 is 0 Å². The average molecular weight is 412 g/mol. The molecule has 29 heavy (non-hydrogen) atoms. The molecule has 0 bridgehead atoms. The Morgan fingerprint density at radius 2 is 1.62 bits per heavy atom. The van der Waals surface area contributed by atoms with Crippen molar-refractivity contribution in [1.29, 1.82) is 0 Å². The SMILES string of the molecule is CC(C)c1ccc(NS(=O)(=O)c2cn(Cc3ccccc3)nc2C(C)(C)C)cc1. The second-order valence-electron chi connectivity index (χ2n) is 8.66. The molecule has 1 aromatic heterocycles. The summed E-state index contributed by atoms with van der Waals surface area (Å²) in [6.07, 6.45) is 1.62. The fourth-order valence-electron chi connectivity index (χ4n) is 3.12. The van der Waals surface area contributed by atoms with Gasteiger partial charge in [-0.25, -0.2) is 8.42 Å². The van der Waals surface area contributed by atoms with Crippen molar-refractivity contribution in [3.63, 3.8) is 0 Å². The smallest absolute Gasteiger partial charge is 0.265 e. The molecule has 0 saturated carbocycles. The molecule has 6 heteroatoms. The maximum absolute atomic E-state index is 13.2. The van der Waals surface area contributed by atoms with Gasteiger partial charge in [-0.1, -0.05) is 77.1 Å². The summed E-state index contributed by atoms with van der Waals surface area (Å²) in [5.41, 5.74) is 2.92. The van der Waals surface area contributed by atoms with Crippen LogP contribution in [-0.4, -0.2) is 18.2 Å². The Labute approximate surface area is 173 Å². The Kier molecular flexibility index (Phi) is 5.85. The molecule has 0 aliphatic heterocycles. The molecular weight excluding hydrogens is 382 g/mol. The van der Waals surface area contributed by atoms with Crippen molar-refractivity contribution in [2.45, 2.75) is 57.4 Å². The van der Waals surface area contributed by atoms with Gasteiger partial charge in [0.1, 0.15) is 4.90 Å². The summed E-state index contributed by atoms with van der Waals surface area (Å²) in [7, 11) is -3.77. The van der Waals surface area contributed by atoms with Crippen molar-refractivity contribution in [3.05, 3.63) is 77.6 Å². The van der Waals surface area contributed by atoms with Crippen LogP contribution in [0.2, 0.25) is 0 Å². The van der Waals surface area contributed by atoms with Crippen LogP contribution in [-0.2, 0) is 22.0 Å². The van der Waals surface area contributed by atoms with Gasteiger partial charge in [0.2, 0.25) is 0 Å². The third kappa shape index (κ3) is 5.07. The topological polar surface area (TPSA) is 64.0 Å². The van der Waals surface area contributed by atoms with Crippen LogP contribution in [0.1, 0.15) is 57.4 Å². The molecule has 0 aliphatic carbocycles. The van der Waals surface area contributed by atoms with Crippen molar-refractivity contribution in [3.8, 4) is 0 Å². The first kappa shape index (κ1) is 21.1. The minimum Gasteiger partial charge on any atom is -0.280 e. The third-order valence-electron chi connectivity index (χ3n) is 4.75. The van der Waals surface area contributed by atoms with E-state index in [1.54, 1.807) is 23.0 Å². The Hall–Kier alpha value is -2.60. The predicted molar refractivity (Wildman–Crippen MR) is 118 cm³/mol. The first-order valence-corrected chi connectivity index (χ1v) is 11.3. The molecule has 2 aromatic carbocycles. The van der Waals surface area contributed by atoms with Crippen LogP contribution in [0.25, 0.3) is 0 Å². The zero-order chi connectivity index (χ0) is 21.2. The van der Waals surface area contributed by atoms with Gasteiger partial charge in [-0.3, -0.25) is 9.40 Å². The van der Waals surface area contributed by atoms with Gasteiger partial charge in [0.25, 0.3) is 10.0 Å². The molecule has 0 saturated heterocycles. The number of nitrogens with one attached hydrogen (secondary N) is 1. The molecule has 1 N–H and O–H groups in total. The van der Waals surface area contributed by atoms with Gasteiger partial charge in [-0.15, -0.1) is 0 Å². The molecule has 0 fully saturated rings. The van der Waals surface area contributed by atoms with Crippen LogP contribution in [0.4, 0.5) is 5.69 Å². The number of hydrogen-bond acceptors (Lipinski definition) is 3. The third-order valence-corrected chi connectivity index (χ3v) is 6.13. The molecule has 3 rings (SSSR count). The Balaban J connectivity index is 1.94. The summed E-state index contributed by atoms with van der Waals surface area (Å²) in [4.78, 5) is 0.217. The first-order chi connectivity index (χ1) is 13.6. The van der Waals surface area contributed by atoms with Crippen molar-refractivity contribution < 1.29 is 8.42 Å². The fraction of sp³-hybridized carbons (Fsp3) is 0.348. The second-order valence-corrected chi connectivity index (χ2v) is 10.3. The second kappa shape index (κ2) is 8.03. The van der Waals surface area contributed by atoms with Crippen LogP contribution < -0.4 is 4.72 Å². The van der Waals surface area contributed by atoms with Crippen LogP contribution in [0.3, 0.4) is 0 Å². The lowest BCUT2D eigenvalue weighted by Crippen LogP contribution is -2.20. The van der Waals surface area contributed by atoms with E-state index in [2.05, 4.69) is 23.7 Å². The molecule has 0 radical (unpaired) electrons. The molecule has 1 heterocycles. The summed E-state index contributed by atoms with van der Waals surface area (Å²) < 4.78 is 30.8. The minimum atomic E-state index is -3.77. The number of aromatic nitrogens is 2. The standard InChI is InChI=1S/C23H29N3O2S/c1-17(2)19-11-13-20(14-12-19)25-29(27,28)21-16-26(24-22(21)23(3,4)5)15-18-9-7-6-8-10-18/h6-14,16-17,25H,15H2,1-5H3. The van der Waals surface area contributed by atoms with Crippen molar-refractivity contribution in [1.82, 2.24) is 9.78 Å². The van der Waals surface area contributed by atoms with Gasteiger partial charge < -0.3 is 0 Å². The average Bonchev–Trinajstić information content (AvgIpc) is 3.08. The lowest BCUT2D eigenvalue weighted by atomic mass is 9.92. The number of benzene rings is 2. The van der Waals surface area contributed by atoms with Gasteiger partial charge in [-0.05, 0) is 29.2 Å². The molecule has 0 amide bonds. The van der Waals surface area contributed by atoms with Crippen LogP contribution >= 0.6 is 0 Å². The number of sulfonamides is 1. The number of nitrogens with zero attached hydrogens (tertiary/aromatic N) is 2. The van der Waals surface area contributed by atoms with E-state index < -0.39 is 15.4 Å². The van der Waals surface area contributed by atoms with Crippen molar-refractivity contribution >= 4 is 15.7 Å². The summed E-state index contributed by atoms with van der Waals surface area (Å²) in [6, 6.07) is 17.4. The normalized spacial score (nSPS) is 12.3. The van der Waals surface area contributed by atoms with E-state index in [0.29, 0.717) is 23.8 Å². The maximum Gasteiger partial charge on any atom is 0.265 e. The van der Waals surface area contributed by atoms with E-state index in [1.807, 2.05) is 63.2 Å². The molecule has 3 aromatic rings. The van der Waals surface area contributed by atoms with Crippen molar-refractivity contribution in [2.24, 2.45) is 0 Å². The number of hydrogen-bond donors (Lipinski definition) is 1. The summed E-state index contributed by atoms with van der Waals surface area (Å²) in [5.74, 6) is 0.393. The number of anilines is 1. The molecule has 154 valence electrons. The minimum absolute atomic E-state index is 0.217. The van der Waals surface area contributed by atoms with E-state index in [-0.39, 0.29) is 4.90 Å². The van der Waals surface area contributed by atoms with Crippen LogP contribution in [0.15, 0.2) is 65.7 Å². The summed E-state index contributed by atoms with van der Waals surface area (Å²) in [5, 5.41) is 4.62. The molecule has 0 spiro atoms. The Morgan fingerprint density at radius 1 is 1.00 bits per heavy atom. The summed E-state index contributed by atoms with van der Waals surface area (Å²) >= 11 is 0. The highest BCUT2D eigenvalue weighted by Crippen LogP contribution is 2.29. The fourth-order valence-corrected chi connectivity index (χ4v) is 4.54. The maximum atomic E-state index is 13.2. The lowest BCUT2D eigenvalue weighted by Gasteiger charge is -2.18. The van der Waals surface area contributed by atoms with E-state index in [4.69, 9.17) is 0 Å². The lowest BCUT2D eigenvalue weighted by molar-refractivity contribution is 0.533. The molecule has 0 unspecified atom stereocenters. The quantitative estimate of drug-likeness (QED) is 0.610. The largest absolute Gasteiger partial charge is 0.280 e. The molecular formula is C23H29N3O2S. The van der Waals surface area contributed by atoms with Crippen molar-refractivity contribution in [2.75, 3.05) is 4.72 Å². The van der Waals surface area contributed by atoms with Gasteiger partial charge in [0.05, 0.1) is 12.2 Å². The van der Waals surface area contributed by atoms with Crippen LogP contribution in [0.5, 0.6) is 0 Å². The van der Waals surface area contributed by atoms with E-state index in [9.17, 15) is 8.42 Å². The van der Waals surface area contributed by atoms with Gasteiger partial charge in [-0.2, -0.15) is 5.10 Å². The van der Waals surface area contributed by atoms with Crippen LogP contribution in [0, 0.1) is 0 Å². The predicted octanol–water partition coefficient (Wildman–Crippen LogP) is 5.15. The van der Waals surface area contributed by atoms with E-state index in [0.717, 1.165) is 5.56 Å². The molecule has 0 aliphatic rings. The van der Waals surface area contributed by atoms with E-state index >= 15 is 0 Å². The highest BCUT2D eigenvalue weighted by atomic mass is 32.2. The molecule has 5 nitrogen and oxygen atoms in total. The highest BCUT2D eigenvalue weighted by molar-refractivity contribution is 7.92. The first-order valence-electron chi connectivity index (χ1n) is 9.81. The Bertz CT molecular complexity index is 1060. The summed E-state index contributed by atoms with van der Waals surface area (Å²) in [6.45, 7) is 10.6.